The lowest BCUT2D eigenvalue weighted by molar-refractivity contribution is -0.147. The predicted octanol–water partition coefficient (Wildman–Crippen LogP) is 2.48. The van der Waals surface area contributed by atoms with Gasteiger partial charge in [0, 0.05) is 31.9 Å². The van der Waals surface area contributed by atoms with E-state index in [0.717, 1.165) is 11.7 Å². The van der Waals surface area contributed by atoms with E-state index in [1.54, 1.807) is 29.2 Å². The summed E-state index contributed by atoms with van der Waals surface area (Å²) in [5.41, 5.74) is -0.242. The van der Waals surface area contributed by atoms with Gasteiger partial charge in [-0.15, -0.1) is 5.10 Å². The van der Waals surface area contributed by atoms with Gasteiger partial charge in [0.05, 0.1) is 13.2 Å². The topological polar surface area (TPSA) is 81.4 Å². The van der Waals surface area contributed by atoms with Gasteiger partial charge in [-0.1, -0.05) is 6.07 Å². The van der Waals surface area contributed by atoms with Crippen LogP contribution in [0.1, 0.15) is 24.7 Å². The fourth-order valence-corrected chi connectivity index (χ4v) is 3.16. The number of halogens is 3. The minimum Gasteiger partial charge on any atom is -0.497 e. The maximum absolute atomic E-state index is 12.9. The fourth-order valence-electron chi connectivity index (χ4n) is 3.16. The van der Waals surface area contributed by atoms with Gasteiger partial charge < -0.3 is 15.0 Å². The van der Waals surface area contributed by atoms with Crippen LogP contribution in [0.5, 0.6) is 5.75 Å². The summed E-state index contributed by atoms with van der Waals surface area (Å²) in [6, 6.07) is 6.08. The number of nitrogens with zero attached hydrogens (tertiary/aromatic N) is 4. The normalized spacial score (nSPS) is 15.5. The Morgan fingerprint density at radius 3 is 2.54 bits per heavy atom. The van der Waals surface area contributed by atoms with Crippen LogP contribution in [0.3, 0.4) is 0 Å². The van der Waals surface area contributed by atoms with Gasteiger partial charge in [-0.25, -0.2) is 14.3 Å². The molecule has 1 N–H and O–H groups in total. The molecule has 2 heterocycles. The van der Waals surface area contributed by atoms with Crippen molar-refractivity contribution in [3.63, 3.8) is 0 Å². The van der Waals surface area contributed by atoms with Crippen molar-refractivity contribution < 1.29 is 22.7 Å². The highest BCUT2D eigenvalue weighted by Crippen LogP contribution is 2.28. The molecule has 28 heavy (non-hydrogen) atoms. The molecule has 2 aromatic rings. The van der Waals surface area contributed by atoms with Crippen molar-refractivity contribution in [1.82, 2.24) is 19.2 Å². The van der Waals surface area contributed by atoms with Crippen LogP contribution in [-0.2, 0) is 13.2 Å². The zero-order chi connectivity index (χ0) is 20.5. The minimum absolute atomic E-state index is 0.296. The number of hydrogen-bond acceptors (Lipinski definition) is 4. The average Bonchev–Trinajstić information content (AvgIpc) is 2.97. The molecule has 0 radical (unpaired) electrons. The molecular formula is C17H20F3N5O3. The number of amides is 2. The smallest absolute Gasteiger partial charge is 0.451 e. The number of nitrogens with one attached hydrogen (secondary N) is 1. The van der Waals surface area contributed by atoms with E-state index in [0.29, 0.717) is 41.9 Å². The maximum Gasteiger partial charge on any atom is 0.451 e. The lowest BCUT2D eigenvalue weighted by atomic mass is 10.1. The molecule has 11 heteroatoms. The summed E-state index contributed by atoms with van der Waals surface area (Å²) in [6.45, 7) is 0.593. The van der Waals surface area contributed by atoms with Crippen LogP contribution >= 0.6 is 0 Å². The van der Waals surface area contributed by atoms with Gasteiger partial charge in [0.2, 0.25) is 5.82 Å². The first kappa shape index (κ1) is 19.8. The maximum atomic E-state index is 12.9. The van der Waals surface area contributed by atoms with Crippen molar-refractivity contribution >= 4 is 11.7 Å². The number of alkyl halides is 3. The first-order chi connectivity index (χ1) is 13.2. The Morgan fingerprint density at radius 2 is 1.96 bits per heavy atom. The number of aromatic nitrogens is 3. The van der Waals surface area contributed by atoms with E-state index in [4.69, 9.17) is 4.74 Å². The molecule has 1 aromatic carbocycles. The number of carbonyl (C=O) groups is 1. The van der Waals surface area contributed by atoms with Crippen LogP contribution in [0.4, 0.5) is 23.7 Å². The summed E-state index contributed by atoms with van der Waals surface area (Å²) >= 11 is 0. The largest absolute Gasteiger partial charge is 0.497 e. The molecule has 0 unspecified atom stereocenters. The third-order valence-corrected chi connectivity index (χ3v) is 4.68. The molecule has 1 aromatic heterocycles. The van der Waals surface area contributed by atoms with Gasteiger partial charge in [0.25, 0.3) is 0 Å². The lowest BCUT2D eigenvalue weighted by Crippen LogP contribution is -2.43. The Hall–Kier alpha value is -2.98. The first-order valence-corrected chi connectivity index (χ1v) is 8.63. The number of anilines is 1. The summed E-state index contributed by atoms with van der Waals surface area (Å²) < 4.78 is 45.3. The fraction of sp³-hybridized carbons (Fsp3) is 0.471. The highest BCUT2D eigenvalue weighted by atomic mass is 19.4. The van der Waals surface area contributed by atoms with Crippen molar-refractivity contribution in [3.05, 3.63) is 40.6 Å². The van der Waals surface area contributed by atoms with E-state index < -0.39 is 23.7 Å². The molecular weight excluding hydrogens is 379 g/mol. The van der Waals surface area contributed by atoms with Crippen LogP contribution in [0.15, 0.2) is 29.1 Å². The summed E-state index contributed by atoms with van der Waals surface area (Å²) in [5.74, 6) is -0.623. The highest BCUT2D eigenvalue weighted by Gasteiger charge is 2.39. The summed E-state index contributed by atoms with van der Waals surface area (Å²) in [6.07, 6.45) is -4.03. The minimum atomic E-state index is -4.70. The van der Waals surface area contributed by atoms with Gasteiger partial charge in [0.15, 0.2) is 0 Å². The molecule has 3 rings (SSSR count). The Kier molecular flexibility index (Phi) is 5.34. The van der Waals surface area contributed by atoms with Gasteiger partial charge in [-0.2, -0.15) is 13.2 Å². The number of carbonyl (C=O) groups excluding carboxylic acids is 1. The highest BCUT2D eigenvalue weighted by molar-refractivity contribution is 5.89. The Balaban J connectivity index is 1.64. The van der Waals surface area contributed by atoms with E-state index in [2.05, 4.69) is 10.4 Å². The number of benzene rings is 1. The zero-order valence-electron chi connectivity index (χ0n) is 15.4. The van der Waals surface area contributed by atoms with Gasteiger partial charge in [-0.05, 0) is 25.0 Å². The van der Waals surface area contributed by atoms with Gasteiger partial charge in [0.1, 0.15) is 5.75 Å². The molecule has 8 nitrogen and oxygen atoms in total. The number of hydrogen-bond donors (Lipinski definition) is 1. The number of urea groups is 1. The molecule has 1 aliphatic rings. The lowest BCUT2D eigenvalue weighted by Gasteiger charge is -2.31. The quantitative estimate of drug-likeness (QED) is 0.860. The molecule has 0 saturated carbocycles. The second-order valence-corrected chi connectivity index (χ2v) is 6.49. The monoisotopic (exact) mass is 399 g/mol. The number of ether oxygens (including phenoxy) is 1. The van der Waals surface area contributed by atoms with Crippen molar-refractivity contribution in [2.75, 3.05) is 25.5 Å². The van der Waals surface area contributed by atoms with Crippen molar-refractivity contribution in [3.8, 4) is 5.75 Å². The van der Waals surface area contributed by atoms with Gasteiger partial charge in [-0.3, -0.25) is 4.57 Å². The van der Waals surface area contributed by atoms with E-state index in [-0.39, 0.29) is 6.03 Å². The summed E-state index contributed by atoms with van der Waals surface area (Å²) in [4.78, 5) is 26.1. The van der Waals surface area contributed by atoms with Crippen LogP contribution in [0.25, 0.3) is 0 Å². The molecule has 0 spiro atoms. The Bertz CT molecular complexity index is 913. The Morgan fingerprint density at radius 1 is 1.29 bits per heavy atom. The molecule has 0 bridgehead atoms. The third kappa shape index (κ3) is 3.97. The number of likely N-dealkylation sites (tertiary alicyclic amines) is 1. The molecule has 1 fully saturated rings. The zero-order valence-corrected chi connectivity index (χ0v) is 15.4. The number of piperidine rings is 1. The molecule has 0 aliphatic carbocycles. The van der Waals surface area contributed by atoms with Crippen LogP contribution < -0.4 is 15.7 Å². The standard InChI is InChI=1S/C17H20F3N5O3/c1-23-14(17(18,19)20)22-25(16(23)27)12-6-8-24(9-7-12)15(26)21-11-4-3-5-13(10-11)28-2/h3-5,10,12H,6-9H2,1-2H3,(H,21,26). The average molecular weight is 399 g/mol. The number of methoxy groups -OCH3 is 1. The van der Waals surface area contributed by atoms with E-state index in [1.165, 1.54) is 7.11 Å². The predicted molar refractivity (Wildman–Crippen MR) is 94.3 cm³/mol. The molecule has 152 valence electrons. The second-order valence-electron chi connectivity index (χ2n) is 6.49. The van der Waals surface area contributed by atoms with Crippen molar-refractivity contribution in [1.29, 1.82) is 0 Å². The van der Waals surface area contributed by atoms with Crippen LogP contribution in [-0.4, -0.2) is 45.5 Å². The van der Waals surface area contributed by atoms with Crippen molar-refractivity contribution in [2.45, 2.75) is 25.1 Å². The molecule has 0 atom stereocenters. The first-order valence-electron chi connectivity index (χ1n) is 8.63. The molecule has 1 saturated heterocycles. The van der Waals surface area contributed by atoms with E-state index in [1.807, 2.05) is 0 Å². The van der Waals surface area contributed by atoms with E-state index in [9.17, 15) is 22.8 Å². The molecule has 2 amide bonds. The number of rotatable bonds is 3. The second kappa shape index (κ2) is 7.56. The SMILES string of the molecule is COc1cccc(NC(=O)N2CCC(n3nc(C(F)(F)F)n(C)c3=O)CC2)c1. The summed E-state index contributed by atoms with van der Waals surface area (Å²) in [5, 5.41) is 6.23. The van der Waals surface area contributed by atoms with Crippen LogP contribution in [0.2, 0.25) is 0 Å². The van der Waals surface area contributed by atoms with Crippen molar-refractivity contribution in [2.24, 2.45) is 7.05 Å². The summed E-state index contributed by atoms with van der Waals surface area (Å²) in [7, 11) is 2.57. The molecule has 1 aliphatic heterocycles. The van der Waals surface area contributed by atoms with Crippen LogP contribution in [0, 0.1) is 0 Å². The Labute approximate surface area is 158 Å². The third-order valence-electron chi connectivity index (χ3n) is 4.68. The van der Waals surface area contributed by atoms with Gasteiger partial charge >= 0.3 is 17.9 Å². The van der Waals surface area contributed by atoms with E-state index >= 15 is 0 Å².